The van der Waals surface area contributed by atoms with Gasteiger partial charge in [-0.15, -0.1) is 0 Å². The predicted octanol–water partition coefficient (Wildman–Crippen LogP) is 3.26. The zero-order valence-corrected chi connectivity index (χ0v) is 10.5. The molecule has 0 amide bonds. The smallest absolute Gasteiger partial charge is 0.296 e. The molecule has 4 heteroatoms. The van der Waals surface area contributed by atoms with Crippen LogP contribution in [-0.4, -0.2) is 25.1 Å². The van der Waals surface area contributed by atoms with Gasteiger partial charge in [-0.05, 0) is 31.5 Å². The summed E-state index contributed by atoms with van der Waals surface area (Å²) in [6.45, 7) is 4.31. The van der Waals surface area contributed by atoms with Crippen LogP contribution in [0.1, 0.15) is 33.1 Å². The fourth-order valence-corrected chi connectivity index (χ4v) is 1.80. The van der Waals surface area contributed by atoms with Crippen molar-refractivity contribution in [2.45, 2.75) is 45.1 Å². The summed E-state index contributed by atoms with van der Waals surface area (Å²) in [6, 6.07) is 0. The number of hydrogen-bond donors (Lipinski definition) is 1. The molecule has 1 fully saturated rings. The number of piperidine rings is 1. The molecule has 1 saturated heterocycles. The standard InChI is InChI=1S/C11H15F2NO.C2H6/c12-11(13)8-14-7-6-10(11)15-9-4-2-1-3-5-9;1-2/h2,4-5,10,14H,1,3,6-8H2;1-2H3. The number of rotatable bonds is 2. The van der Waals surface area contributed by atoms with Gasteiger partial charge in [0.25, 0.3) is 5.92 Å². The minimum absolute atomic E-state index is 0.283. The van der Waals surface area contributed by atoms with Gasteiger partial charge in [-0.3, -0.25) is 0 Å². The van der Waals surface area contributed by atoms with E-state index in [1.165, 1.54) is 0 Å². The van der Waals surface area contributed by atoms with Crippen molar-refractivity contribution in [3.63, 3.8) is 0 Å². The van der Waals surface area contributed by atoms with Crippen LogP contribution in [-0.2, 0) is 4.74 Å². The highest BCUT2D eigenvalue weighted by Gasteiger charge is 2.43. The molecule has 1 aliphatic carbocycles. The maximum absolute atomic E-state index is 13.4. The highest BCUT2D eigenvalue weighted by Crippen LogP contribution is 2.28. The average molecular weight is 245 g/mol. The first-order valence-corrected chi connectivity index (χ1v) is 6.30. The van der Waals surface area contributed by atoms with Crippen LogP contribution < -0.4 is 5.32 Å². The van der Waals surface area contributed by atoms with Gasteiger partial charge in [0.05, 0.1) is 6.54 Å². The molecule has 0 bridgehead atoms. The number of alkyl halides is 2. The number of nitrogens with one attached hydrogen (secondary N) is 1. The van der Waals surface area contributed by atoms with Crippen molar-refractivity contribution >= 4 is 0 Å². The monoisotopic (exact) mass is 245 g/mol. The van der Waals surface area contributed by atoms with Gasteiger partial charge in [0.2, 0.25) is 0 Å². The van der Waals surface area contributed by atoms with Crippen molar-refractivity contribution in [2.24, 2.45) is 0 Å². The van der Waals surface area contributed by atoms with Gasteiger partial charge in [-0.25, -0.2) is 8.78 Å². The Morgan fingerprint density at radius 3 is 2.71 bits per heavy atom. The molecule has 0 aromatic carbocycles. The molecule has 1 N–H and O–H groups in total. The Bertz CT molecular complexity index is 287. The molecule has 0 aromatic heterocycles. The largest absolute Gasteiger partial charge is 0.484 e. The van der Waals surface area contributed by atoms with Crippen LogP contribution in [0.2, 0.25) is 0 Å². The molecule has 1 aliphatic heterocycles. The molecule has 1 heterocycles. The number of hydrogen-bond acceptors (Lipinski definition) is 2. The molecular formula is C13H21F2NO. The van der Waals surface area contributed by atoms with E-state index in [-0.39, 0.29) is 6.54 Å². The van der Waals surface area contributed by atoms with Crippen LogP contribution in [0.15, 0.2) is 24.0 Å². The molecule has 98 valence electrons. The average Bonchev–Trinajstić information content (AvgIpc) is 2.36. The Hall–Kier alpha value is -0.900. The van der Waals surface area contributed by atoms with Crippen LogP contribution in [0.4, 0.5) is 8.78 Å². The second-order valence-electron chi connectivity index (χ2n) is 3.92. The van der Waals surface area contributed by atoms with Crippen molar-refractivity contribution in [3.05, 3.63) is 24.0 Å². The van der Waals surface area contributed by atoms with Crippen LogP contribution >= 0.6 is 0 Å². The molecule has 0 aromatic rings. The first-order valence-electron chi connectivity index (χ1n) is 6.30. The molecule has 17 heavy (non-hydrogen) atoms. The minimum atomic E-state index is -2.76. The lowest BCUT2D eigenvalue weighted by atomic mass is 10.1. The topological polar surface area (TPSA) is 21.3 Å². The summed E-state index contributed by atoms with van der Waals surface area (Å²) in [6.07, 6.45) is 6.83. The summed E-state index contributed by atoms with van der Waals surface area (Å²) in [5.74, 6) is -2.17. The van der Waals surface area contributed by atoms with E-state index in [1.54, 1.807) is 6.08 Å². The van der Waals surface area contributed by atoms with Crippen molar-refractivity contribution in [1.82, 2.24) is 5.32 Å². The predicted molar refractivity (Wildman–Crippen MR) is 65.1 cm³/mol. The number of allylic oxidation sites excluding steroid dienone is 3. The van der Waals surface area contributed by atoms with E-state index >= 15 is 0 Å². The lowest BCUT2D eigenvalue weighted by Crippen LogP contribution is -2.50. The van der Waals surface area contributed by atoms with Crippen molar-refractivity contribution < 1.29 is 13.5 Å². The molecule has 0 saturated carbocycles. The Morgan fingerprint density at radius 1 is 1.35 bits per heavy atom. The summed E-state index contributed by atoms with van der Waals surface area (Å²) in [4.78, 5) is 0. The zero-order chi connectivity index (χ0) is 12.7. The van der Waals surface area contributed by atoms with Crippen LogP contribution in [0, 0.1) is 0 Å². The van der Waals surface area contributed by atoms with E-state index in [2.05, 4.69) is 5.32 Å². The molecule has 2 aliphatic rings. The molecule has 1 unspecified atom stereocenters. The Kier molecular flexibility index (Phi) is 5.62. The van der Waals surface area contributed by atoms with E-state index in [0.29, 0.717) is 18.7 Å². The second kappa shape index (κ2) is 6.74. The lowest BCUT2D eigenvalue weighted by Gasteiger charge is -2.32. The summed E-state index contributed by atoms with van der Waals surface area (Å²) < 4.78 is 32.1. The Morgan fingerprint density at radius 2 is 2.12 bits per heavy atom. The molecule has 2 rings (SSSR count). The summed E-state index contributed by atoms with van der Waals surface area (Å²) in [5, 5.41) is 2.67. The fraction of sp³-hybridized carbons (Fsp3) is 0.692. The van der Waals surface area contributed by atoms with Gasteiger partial charge in [0, 0.05) is 6.42 Å². The zero-order valence-electron chi connectivity index (χ0n) is 10.5. The third-order valence-corrected chi connectivity index (χ3v) is 2.65. The highest BCUT2D eigenvalue weighted by molar-refractivity contribution is 5.16. The quantitative estimate of drug-likeness (QED) is 0.806. The number of halogens is 2. The lowest BCUT2D eigenvalue weighted by molar-refractivity contribution is -0.129. The molecule has 0 spiro atoms. The van der Waals surface area contributed by atoms with E-state index in [9.17, 15) is 8.78 Å². The van der Waals surface area contributed by atoms with Crippen molar-refractivity contribution in [1.29, 1.82) is 0 Å². The maximum Gasteiger partial charge on any atom is 0.296 e. The molecular weight excluding hydrogens is 224 g/mol. The van der Waals surface area contributed by atoms with Crippen LogP contribution in [0.3, 0.4) is 0 Å². The van der Waals surface area contributed by atoms with Gasteiger partial charge in [0.1, 0.15) is 5.76 Å². The third-order valence-electron chi connectivity index (χ3n) is 2.65. The van der Waals surface area contributed by atoms with Crippen molar-refractivity contribution in [3.8, 4) is 0 Å². The van der Waals surface area contributed by atoms with E-state index < -0.39 is 12.0 Å². The normalized spacial score (nSPS) is 26.6. The number of ether oxygens (including phenoxy) is 1. The van der Waals surface area contributed by atoms with E-state index in [0.717, 1.165) is 12.8 Å². The summed E-state index contributed by atoms with van der Waals surface area (Å²) >= 11 is 0. The Balaban J connectivity index is 0.000000686. The van der Waals surface area contributed by atoms with Gasteiger partial charge >= 0.3 is 0 Å². The van der Waals surface area contributed by atoms with Crippen LogP contribution in [0.25, 0.3) is 0 Å². The van der Waals surface area contributed by atoms with Crippen LogP contribution in [0.5, 0.6) is 0 Å². The third kappa shape index (κ3) is 4.11. The van der Waals surface area contributed by atoms with E-state index in [4.69, 9.17) is 4.74 Å². The first kappa shape index (κ1) is 14.2. The van der Waals surface area contributed by atoms with Gasteiger partial charge < -0.3 is 10.1 Å². The maximum atomic E-state index is 13.4. The van der Waals surface area contributed by atoms with Crippen molar-refractivity contribution in [2.75, 3.05) is 13.1 Å². The Labute approximate surface area is 102 Å². The molecule has 1 atom stereocenters. The highest BCUT2D eigenvalue weighted by atomic mass is 19.3. The summed E-state index contributed by atoms with van der Waals surface area (Å²) in [7, 11) is 0. The van der Waals surface area contributed by atoms with Gasteiger partial charge in [0.15, 0.2) is 6.10 Å². The minimum Gasteiger partial charge on any atom is -0.484 e. The molecule has 2 nitrogen and oxygen atoms in total. The summed E-state index contributed by atoms with van der Waals surface area (Å²) in [5.41, 5.74) is 0. The first-order chi connectivity index (χ1) is 8.18. The fourth-order valence-electron chi connectivity index (χ4n) is 1.80. The van der Waals surface area contributed by atoms with Gasteiger partial charge in [-0.1, -0.05) is 19.9 Å². The van der Waals surface area contributed by atoms with Gasteiger partial charge in [-0.2, -0.15) is 0 Å². The second-order valence-corrected chi connectivity index (χ2v) is 3.92. The SMILES string of the molecule is CC.FC1(F)CNCCC1OC1=CCCC=C1. The molecule has 0 radical (unpaired) electrons. The van der Waals surface area contributed by atoms with E-state index in [1.807, 2.05) is 26.0 Å².